The van der Waals surface area contributed by atoms with Crippen LogP contribution in [-0.2, 0) is 0 Å². The third-order valence-electron chi connectivity index (χ3n) is 1.85. The van der Waals surface area contributed by atoms with Crippen LogP contribution in [0.3, 0.4) is 0 Å². The molecule has 1 N–H and O–H groups in total. The lowest BCUT2D eigenvalue weighted by Crippen LogP contribution is -2.04. The lowest BCUT2D eigenvalue weighted by Gasteiger charge is -1.99. The number of aromatic nitrogens is 3. The molecule has 0 saturated carbocycles. The highest BCUT2D eigenvalue weighted by Crippen LogP contribution is 2.13. The van der Waals surface area contributed by atoms with Gasteiger partial charge in [0.15, 0.2) is 0 Å². The summed E-state index contributed by atoms with van der Waals surface area (Å²) in [6.07, 6.45) is 4.84. The first-order valence-electron chi connectivity index (χ1n) is 4.22. The molecule has 4 nitrogen and oxygen atoms in total. The molecular formula is C10H9N3O. The Bertz CT molecular complexity index is 504. The molecule has 2 aromatic rings. The number of H-pyrrole nitrogens is 1. The van der Waals surface area contributed by atoms with E-state index >= 15 is 0 Å². The fraction of sp³-hybridized carbons (Fsp3) is 0.100. The van der Waals surface area contributed by atoms with Gasteiger partial charge >= 0.3 is 0 Å². The quantitative estimate of drug-likeness (QED) is 0.728. The summed E-state index contributed by atoms with van der Waals surface area (Å²) >= 11 is 0. The van der Waals surface area contributed by atoms with Gasteiger partial charge in [0.2, 0.25) is 0 Å². The van der Waals surface area contributed by atoms with Gasteiger partial charge in [-0.05, 0) is 18.6 Å². The van der Waals surface area contributed by atoms with Crippen molar-refractivity contribution in [3.05, 3.63) is 46.8 Å². The van der Waals surface area contributed by atoms with Gasteiger partial charge in [0, 0.05) is 24.0 Å². The van der Waals surface area contributed by atoms with E-state index in [1.54, 1.807) is 12.4 Å². The van der Waals surface area contributed by atoms with Crippen LogP contribution in [0.4, 0.5) is 0 Å². The minimum absolute atomic E-state index is 0.156. The molecule has 0 bridgehead atoms. The number of nitrogens with zero attached hydrogens (tertiary/aromatic N) is 2. The van der Waals surface area contributed by atoms with E-state index in [-0.39, 0.29) is 5.56 Å². The molecule has 2 rings (SSSR count). The van der Waals surface area contributed by atoms with Crippen molar-refractivity contribution in [3.8, 4) is 11.3 Å². The van der Waals surface area contributed by atoms with Crippen molar-refractivity contribution < 1.29 is 0 Å². The number of hydrogen-bond donors (Lipinski definition) is 1. The Morgan fingerprint density at radius 1 is 1.29 bits per heavy atom. The molecule has 4 heteroatoms. The number of aromatic amines is 1. The van der Waals surface area contributed by atoms with Crippen LogP contribution in [0.5, 0.6) is 0 Å². The van der Waals surface area contributed by atoms with Crippen molar-refractivity contribution in [2.75, 3.05) is 0 Å². The summed E-state index contributed by atoms with van der Waals surface area (Å²) in [5.74, 6) is 0. The van der Waals surface area contributed by atoms with Gasteiger partial charge in [-0.25, -0.2) is 4.98 Å². The minimum Gasteiger partial charge on any atom is -0.313 e. The molecule has 0 fully saturated rings. The van der Waals surface area contributed by atoms with Crippen LogP contribution < -0.4 is 5.56 Å². The van der Waals surface area contributed by atoms with Crippen molar-refractivity contribution in [1.82, 2.24) is 15.0 Å². The monoisotopic (exact) mass is 187 g/mol. The van der Waals surface area contributed by atoms with Crippen LogP contribution in [0.2, 0.25) is 0 Å². The van der Waals surface area contributed by atoms with E-state index in [1.165, 1.54) is 12.4 Å². The average molecular weight is 187 g/mol. The van der Waals surface area contributed by atoms with E-state index in [0.717, 1.165) is 11.1 Å². The zero-order valence-electron chi connectivity index (χ0n) is 7.69. The highest BCUT2D eigenvalue weighted by Gasteiger charge is 1.99. The van der Waals surface area contributed by atoms with Crippen LogP contribution in [0.1, 0.15) is 5.56 Å². The number of nitrogens with one attached hydrogen (secondary N) is 1. The van der Waals surface area contributed by atoms with Crippen LogP contribution in [0.15, 0.2) is 35.6 Å². The van der Waals surface area contributed by atoms with Crippen molar-refractivity contribution in [2.45, 2.75) is 6.92 Å². The zero-order valence-corrected chi connectivity index (χ0v) is 7.69. The summed E-state index contributed by atoms with van der Waals surface area (Å²) in [5, 5.41) is 0. The van der Waals surface area contributed by atoms with Gasteiger partial charge in [-0.15, -0.1) is 0 Å². The Kier molecular flexibility index (Phi) is 2.10. The molecule has 2 aromatic heterocycles. The Morgan fingerprint density at radius 3 is 2.86 bits per heavy atom. The third kappa shape index (κ3) is 1.69. The summed E-state index contributed by atoms with van der Waals surface area (Å²) in [5.41, 5.74) is 2.39. The Balaban J connectivity index is 2.55. The molecule has 0 atom stereocenters. The van der Waals surface area contributed by atoms with Crippen LogP contribution in [-0.4, -0.2) is 15.0 Å². The van der Waals surface area contributed by atoms with Gasteiger partial charge in [0.25, 0.3) is 5.56 Å². The second-order valence-corrected chi connectivity index (χ2v) is 3.05. The molecule has 0 aromatic carbocycles. The maximum absolute atomic E-state index is 11.0. The van der Waals surface area contributed by atoms with Crippen molar-refractivity contribution >= 4 is 0 Å². The van der Waals surface area contributed by atoms with Crippen molar-refractivity contribution in [1.29, 1.82) is 0 Å². The summed E-state index contributed by atoms with van der Waals surface area (Å²) < 4.78 is 0. The summed E-state index contributed by atoms with van der Waals surface area (Å²) in [6.45, 7) is 1.95. The molecule has 0 aliphatic rings. The average Bonchev–Trinajstić information content (AvgIpc) is 2.18. The Morgan fingerprint density at radius 2 is 2.14 bits per heavy atom. The summed E-state index contributed by atoms with van der Waals surface area (Å²) in [4.78, 5) is 21.6. The summed E-state index contributed by atoms with van der Waals surface area (Å²) in [6, 6.07) is 3.39. The van der Waals surface area contributed by atoms with E-state index in [0.29, 0.717) is 5.69 Å². The minimum atomic E-state index is -0.156. The maximum atomic E-state index is 11.0. The van der Waals surface area contributed by atoms with Gasteiger partial charge in [0.05, 0.1) is 12.0 Å². The van der Waals surface area contributed by atoms with Crippen LogP contribution >= 0.6 is 0 Å². The van der Waals surface area contributed by atoms with Gasteiger partial charge in [-0.1, -0.05) is 0 Å². The van der Waals surface area contributed by atoms with E-state index in [2.05, 4.69) is 15.0 Å². The first-order valence-corrected chi connectivity index (χ1v) is 4.22. The standard InChI is InChI=1S/C10H9N3O/c1-7-2-8(5-11-4-7)9-3-10(14)13-6-12-9/h2-6H,1H3,(H,12,13,14). The first kappa shape index (κ1) is 8.62. The van der Waals surface area contributed by atoms with E-state index < -0.39 is 0 Å². The van der Waals surface area contributed by atoms with Gasteiger partial charge in [-0.3, -0.25) is 9.78 Å². The molecule has 0 aliphatic heterocycles. The van der Waals surface area contributed by atoms with Gasteiger partial charge in [-0.2, -0.15) is 0 Å². The molecule has 0 aliphatic carbocycles. The summed E-state index contributed by atoms with van der Waals surface area (Å²) in [7, 11) is 0. The van der Waals surface area contributed by atoms with Gasteiger partial charge in [0.1, 0.15) is 0 Å². The van der Waals surface area contributed by atoms with Crippen molar-refractivity contribution in [3.63, 3.8) is 0 Å². The number of rotatable bonds is 1. The topological polar surface area (TPSA) is 58.6 Å². The number of hydrogen-bond acceptors (Lipinski definition) is 3. The number of aryl methyl sites for hydroxylation is 1. The maximum Gasteiger partial charge on any atom is 0.251 e. The van der Waals surface area contributed by atoms with E-state index in [1.807, 2.05) is 13.0 Å². The predicted octanol–water partition coefficient (Wildman–Crippen LogP) is 1.14. The molecule has 0 unspecified atom stereocenters. The smallest absolute Gasteiger partial charge is 0.251 e. The Hall–Kier alpha value is -1.97. The first-order chi connectivity index (χ1) is 6.75. The lowest BCUT2D eigenvalue weighted by molar-refractivity contribution is 1.12. The molecular weight excluding hydrogens is 178 g/mol. The Labute approximate surface area is 80.7 Å². The molecule has 0 amide bonds. The molecule has 14 heavy (non-hydrogen) atoms. The third-order valence-corrected chi connectivity index (χ3v) is 1.85. The van der Waals surface area contributed by atoms with Crippen molar-refractivity contribution in [2.24, 2.45) is 0 Å². The highest BCUT2D eigenvalue weighted by molar-refractivity contribution is 5.57. The fourth-order valence-corrected chi connectivity index (χ4v) is 1.22. The zero-order chi connectivity index (χ0) is 9.97. The molecule has 2 heterocycles. The van der Waals surface area contributed by atoms with E-state index in [9.17, 15) is 4.79 Å². The number of pyridine rings is 1. The molecule has 70 valence electrons. The predicted molar refractivity (Wildman–Crippen MR) is 52.8 cm³/mol. The van der Waals surface area contributed by atoms with Gasteiger partial charge < -0.3 is 4.98 Å². The van der Waals surface area contributed by atoms with E-state index in [4.69, 9.17) is 0 Å². The molecule has 0 spiro atoms. The largest absolute Gasteiger partial charge is 0.313 e. The van der Waals surface area contributed by atoms with Crippen LogP contribution in [0.25, 0.3) is 11.3 Å². The highest BCUT2D eigenvalue weighted by atomic mass is 16.1. The van der Waals surface area contributed by atoms with Crippen LogP contribution in [0, 0.1) is 6.92 Å². The SMILES string of the molecule is Cc1cncc(-c2cc(=O)[nH]cn2)c1. The second kappa shape index (κ2) is 3.41. The second-order valence-electron chi connectivity index (χ2n) is 3.05. The fourth-order valence-electron chi connectivity index (χ4n) is 1.22. The molecule has 0 saturated heterocycles. The lowest BCUT2D eigenvalue weighted by atomic mass is 10.1. The molecule has 0 radical (unpaired) electrons. The normalized spacial score (nSPS) is 10.1.